The quantitative estimate of drug-likeness (QED) is 0.811. The minimum Gasteiger partial charge on any atom is -0.354 e. The number of sulfonamides is 1. The molecule has 0 fully saturated rings. The van der Waals surface area contributed by atoms with Crippen LogP contribution in [0.25, 0.3) is 0 Å². The lowest BCUT2D eigenvalue weighted by Crippen LogP contribution is -2.34. The number of halogens is 1. The Hall–Kier alpha value is -0.920. The van der Waals surface area contributed by atoms with Gasteiger partial charge in [-0.2, -0.15) is 0 Å². The second-order valence-corrected chi connectivity index (χ2v) is 7.40. The topological polar surface area (TPSA) is 75.3 Å². The average molecular weight is 363 g/mol. The maximum atomic E-state index is 12.0. The second kappa shape index (κ2) is 7.19. The number of aryl methyl sites for hydroxylation is 1. The summed E-state index contributed by atoms with van der Waals surface area (Å²) in [5, 5.41) is 2.71. The molecule has 0 heterocycles. The van der Waals surface area contributed by atoms with Crippen molar-refractivity contribution >= 4 is 31.9 Å². The Balaban J connectivity index is 2.62. The van der Waals surface area contributed by atoms with E-state index >= 15 is 0 Å². The Morgan fingerprint density at radius 3 is 2.55 bits per heavy atom. The van der Waals surface area contributed by atoms with Gasteiger partial charge < -0.3 is 5.32 Å². The first-order valence-electron chi connectivity index (χ1n) is 6.27. The van der Waals surface area contributed by atoms with Crippen molar-refractivity contribution in [3.05, 3.63) is 28.2 Å². The summed E-state index contributed by atoms with van der Waals surface area (Å²) in [5.74, 6) is -0.172. The van der Waals surface area contributed by atoms with Gasteiger partial charge in [0.15, 0.2) is 0 Å². The van der Waals surface area contributed by atoms with Crippen molar-refractivity contribution in [3.8, 4) is 0 Å². The molecule has 0 spiro atoms. The van der Waals surface area contributed by atoms with E-state index in [-0.39, 0.29) is 29.8 Å². The van der Waals surface area contributed by atoms with E-state index in [1.165, 1.54) is 6.07 Å². The van der Waals surface area contributed by atoms with Crippen molar-refractivity contribution in [1.29, 1.82) is 0 Å². The molecule has 1 aromatic rings. The second-order valence-electron chi connectivity index (χ2n) is 4.78. The van der Waals surface area contributed by atoms with Crippen LogP contribution in [0.1, 0.15) is 25.8 Å². The SMILES string of the molecule is Cc1cc(S(=O)(=O)NCCC(=O)NC(C)C)ccc1Br. The van der Waals surface area contributed by atoms with Crippen LogP contribution in [0, 0.1) is 6.92 Å². The van der Waals surface area contributed by atoms with Gasteiger partial charge in [-0.25, -0.2) is 13.1 Å². The first-order valence-corrected chi connectivity index (χ1v) is 8.55. The number of amides is 1. The van der Waals surface area contributed by atoms with Crippen LogP contribution in [0.4, 0.5) is 0 Å². The molecule has 7 heteroatoms. The van der Waals surface area contributed by atoms with E-state index in [1.54, 1.807) is 12.1 Å². The maximum absolute atomic E-state index is 12.0. The molecule has 0 aliphatic heterocycles. The van der Waals surface area contributed by atoms with E-state index in [0.717, 1.165) is 10.0 Å². The number of rotatable bonds is 6. The van der Waals surface area contributed by atoms with Crippen LogP contribution in [0.15, 0.2) is 27.6 Å². The van der Waals surface area contributed by atoms with E-state index in [0.29, 0.717) is 0 Å². The molecule has 0 radical (unpaired) electrons. The van der Waals surface area contributed by atoms with Crippen LogP contribution < -0.4 is 10.0 Å². The van der Waals surface area contributed by atoms with Crippen LogP contribution in [0.2, 0.25) is 0 Å². The predicted octanol–water partition coefficient (Wildman–Crippen LogP) is 1.95. The minimum atomic E-state index is -3.57. The maximum Gasteiger partial charge on any atom is 0.240 e. The molecule has 1 rings (SSSR count). The lowest BCUT2D eigenvalue weighted by molar-refractivity contribution is -0.121. The zero-order valence-electron chi connectivity index (χ0n) is 11.7. The molecule has 0 bridgehead atoms. The van der Waals surface area contributed by atoms with E-state index in [2.05, 4.69) is 26.0 Å². The normalized spacial score (nSPS) is 11.7. The van der Waals surface area contributed by atoms with Gasteiger partial charge in [-0.05, 0) is 44.5 Å². The molecule has 0 saturated carbocycles. The number of benzene rings is 1. The zero-order valence-corrected chi connectivity index (χ0v) is 14.1. The van der Waals surface area contributed by atoms with Gasteiger partial charge in [0.25, 0.3) is 0 Å². The molecule has 5 nitrogen and oxygen atoms in total. The minimum absolute atomic E-state index is 0.0493. The zero-order chi connectivity index (χ0) is 15.3. The van der Waals surface area contributed by atoms with Crippen molar-refractivity contribution in [3.63, 3.8) is 0 Å². The molecule has 0 saturated heterocycles. The summed E-state index contributed by atoms with van der Waals surface area (Å²) in [6, 6.07) is 4.84. The Labute approximate surface area is 128 Å². The van der Waals surface area contributed by atoms with Crippen LogP contribution in [-0.2, 0) is 14.8 Å². The van der Waals surface area contributed by atoms with Gasteiger partial charge in [0, 0.05) is 23.5 Å². The van der Waals surface area contributed by atoms with Gasteiger partial charge in [0.2, 0.25) is 15.9 Å². The lowest BCUT2D eigenvalue weighted by Gasteiger charge is -2.10. The largest absolute Gasteiger partial charge is 0.354 e. The standard InChI is InChI=1S/C13H19BrN2O3S/c1-9(2)16-13(17)6-7-15-20(18,19)11-4-5-12(14)10(3)8-11/h4-5,8-9,15H,6-7H2,1-3H3,(H,16,17). The van der Waals surface area contributed by atoms with E-state index in [4.69, 9.17) is 0 Å². The van der Waals surface area contributed by atoms with Crippen LogP contribution in [0.3, 0.4) is 0 Å². The van der Waals surface area contributed by atoms with Crippen LogP contribution in [-0.4, -0.2) is 26.9 Å². The third-order valence-corrected chi connectivity index (χ3v) is 4.88. The van der Waals surface area contributed by atoms with Crippen molar-refractivity contribution in [2.45, 2.75) is 38.1 Å². The third kappa shape index (κ3) is 5.22. The van der Waals surface area contributed by atoms with E-state index in [9.17, 15) is 13.2 Å². The summed E-state index contributed by atoms with van der Waals surface area (Å²) in [4.78, 5) is 11.6. The highest BCUT2D eigenvalue weighted by Gasteiger charge is 2.15. The average Bonchev–Trinajstić information content (AvgIpc) is 2.31. The van der Waals surface area contributed by atoms with Gasteiger partial charge in [-0.3, -0.25) is 4.79 Å². The van der Waals surface area contributed by atoms with Gasteiger partial charge in [-0.1, -0.05) is 15.9 Å². The first-order chi connectivity index (χ1) is 9.22. The molecule has 0 aromatic heterocycles. The number of carbonyl (C=O) groups excluding carboxylic acids is 1. The van der Waals surface area contributed by atoms with Gasteiger partial charge in [0.05, 0.1) is 4.90 Å². The third-order valence-electron chi connectivity index (χ3n) is 2.53. The van der Waals surface area contributed by atoms with Crippen molar-refractivity contribution in [2.24, 2.45) is 0 Å². The molecular weight excluding hydrogens is 344 g/mol. The molecule has 1 amide bonds. The first kappa shape index (κ1) is 17.1. The monoisotopic (exact) mass is 362 g/mol. The number of hydrogen-bond donors (Lipinski definition) is 2. The van der Waals surface area contributed by atoms with Crippen molar-refractivity contribution in [2.75, 3.05) is 6.54 Å². The highest BCUT2D eigenvalue weighted by molar-refractivity contribution is 9.10. The summed E-state index contributed by atoms with van der Waals surface area (Å²) in [6.07, 6.45) is 0.118. The number of hydrogen-bond acceptors (Lipinski definition) is 3. The highest BCUT2D eigenvalue weighted by Crippen LogP contribution is 2.19. The summed E-state index contributed by atoms with van der Waals surface area (Å²) >= 11 is 3.32. The van der Waals surface area contributed by atoms with Gasteiger partial charge in [-0.15, -0.1) is 0 Å². The van der Waals surface area contributed by atoms with E-state index in [1.807, 2.05) is 20.8 Å². The van der Waals surface area contributed by atoms with E-state index < -0.39 is 10.0 Å². The molecule has 2 N–H and O–H groups in total. The molecule has 0 atom stereocenters. The lowest BCUT2D eigenvalue weighted by atomic mass is 10.2. The number of nitrogens with one attached hydrogen (secondary N) is 2. The molecule has 0 unspecified atom stereocenters. The Kier molecular flexibility index (Phi) is 6.16. The molecule has 0 aliphatic rings. The van der Waals surface area contributed by atoms with Crippen molar-refractivity contribution < 1.29 is 13.2 Å². The highest BCUT2D eigenvalue weighted by atomic mass is 79.9. The summed E-state index contributed by atoms with van der Waals surface area (Å²) in [5.41, 5.74) is 0.838. The summed E-state index contributed by atoms with van der Waals surface area (Å²) in [7, 11) is -3.57. The van der Waals surface area contributed by atoms with Gasteiger partial charge in [0.1, 0.15) is 0 Å². The Morgan fingerprint density at radius 1 is 1.35 bits per heavy atom. The Morgan fingerprint density at radius 2 is 2.00 bits per heavy atom. The van der Waals surface area contributed by atoms with Crippen molar-refractivity contribution in [1.82, 2.24) is 10.0 Å². The fourth-order valence-electron chi connectivity index (χ4n) is 1.56. The summed E-state index contributed by atoms with van der Waals surface area (Å²) in [6.45, 7) is 5.61. The summed E-state index contributed by atoms with van der Waals surface area (Å²) < 4.78 is 27.4. The van der Waals surface area contributed by atoms with Crippen LogP contribution in [0.5, 0.6) is 0 Å². The fraction of sp³-hybridized carbons (Fsp3) is 0.462. The smallest absolute Gasteiger partial charge is 0.240 e. The Bertz CT molecular complexity index is 585. The van der Waals surface area contributed by atoms with Crippen LogP contribution >= 0.6 is 15.9 Å². The predicted molar refractivity (Wildman–Crippen MR) is 82.0 cm³/mol. The van der Waals surface area contributed by atoms with Gasteiger partial charge >= 0.3 is 0 Å². The molecule has 20 heavy (non-hydrogen) atoms. The fourth-order valence-corrected chi connectivity index (χ4v) is 2.92. The molecule has 112 valence electrons. The number of carbonyl (C=O) groups is 1. The molecular formula is C13H19BrN2O3S. The molecule has 0 aliphatic carbocycles. The molecule has 1 aromatic carbocycles.